The summed E-state index contributed by atoms with van der Waals surface area (Å²) in [4.78, 5) is 23.2. The van der Waals surface area contributed by atoms with E-state index in [9.17, 15) is 14.2 Å². The molecule has 1 aromatic rings. The fourth-order valence-electron chi connectivity index (χ4n) is 5.64. The van der Waals surface area contributed by atoms with Crippen LogP contribution in [0.4, 0.5) is 0 Å². The van der Waals surface area contributed by atoms with Gasteiger partial charge in [-0.1, -0.05) is 59.7 Å². The van der Waals surface area contributed by atoms with Gasteiger partial charge in [-0.2, -0.15) is 0 Å². The van der Waals surface area contributed by atoms with E-state index in [1.807, 2.05) is 32.9 Å². The number of phosphoric ester groups is 1. The van der Waals surface area contributed by atoms with Crippen LogP contribution in [0.1, 0.15) is 83.1 Å². The molecular formula is C34H56NO10PS2. The third kappa shape index (κ3) is 13.0. The molecule has 9 atom stereocenters. The summed E-state index contributed by atoms with van der Waals surface area (Å²) >= 11 is 0. The van der Waals surface area contributed by atoms with Crippen LogP contribution in [0.2, 0.25) is 0 Å². The SMILES string of the molecule is COCC1OC(C)C(C)C1OP(=O)(OCCCCSSC(C)(C)CCC(=O)NCc1ccc(C=O)cc1)OCC1OC(C)C(C)C1OC. The Labute approximate surface area is 295 Å². The zero-order valence-electron chi connectivity index (χ0n) is 29.7. The highest BCUT2D eigenvalue weighted by molar-refractivity contribution is 8.77. The number of methoxy groups -OCH3 is 2. The molecule has 2 heterocycles. The average Bonchev–Trinajstić information content (AvgIpc) is 3.49. The van der Waals surface area contributed by atoms with Crippen LogP contribution in [0.5, 0.6) is 0 Å². The van der Waals surface area contributed by atoms with Crippen LogP contribution in [-0.4, -0.2) is 93.4 Å². The Morgan fingerprint density at radius 1 is 0.958 bits per heavy atom. The van der Waals surface area contributed by atoms with Crippen molar-refractivity contribution in [2.75, 3.05) is 39.8 Å². The Bertz CT molecular complexity index is 1180. The van der Waals surface area contributed by atoms with Crippen LogP contribution < -0.4 is 5.32 Å². The Morgan fingerprint density at radius 3 is 2.23 bits per heavy atom. The molecule has 9 unspecified atom stereocenters. The first-order chi connectivity index (χ1) is 22.8. The molecule has 3 rings (SSSR count). The second-order valence-electron chi connectivity index (χ2n) is 13.3. The zero-order chi connectivity index (χ0) is 35.3. The van der Waals surface area contributed by atoms with Crippen molar-refractivity contribution in [1.82, 2.24) is 5.32 Å². The number of unbranched alkanes of at least 4 members (excludes halogenated alkanes) is 1. The van der Waals surface area contributed by atoms with Crippen LogP contribution in [0.3, 0.4) is 0 Å². The van der Waals surface area contributed by atoms with Crippen molar-refractivity contribution in [3.05, 3.63) is 35.4 Å². The predicted molar refractivity (Wildman–Crippen MR) is 190 cm³/mol. The lowest BCUT2D eigenvalue weighted by Gasteiger charge is -2.27. The van der Waals surface area contributed by atoms with E-state index in [1.165, 1.54) is 0 Å². The molecule has 0 aromatic heterocycles. The van der Waals surface area contributed by atoms with E-state index in [1.54, 1.807) is 47.9 Å². The molecule has 0 saturated carbocycles. The molecule has 1 aromatic carbocycles. The maximum Gasteiger partial charge on any atom is 0.475 e. The number of hydrogen-bond donors (Lipinski definition) is 1. The van der Waals surface area contributed by atoms with Gasteiger partial charge < -0.3 is 24.3 Å². The number of rotatable bonds is 22. The molecule has 2 aliphatic rings. The molecule has 0 spiro atoms. The fraction of sp³-hybridized carbons (Fsp3) is 0.765. The number of benzene rings is 1. The van der Waals surface area contributed by atoms with E-state index < -0.39 is 20.0 Å². The maximum atomic E-state index is 14.1. The standard InChI is InChI=1S/C34H56NO10PS2/c1-23-25(3)44-30(32(23)40-8)22-42-46(38,45-33-24(2)26(4)43-29(33)21-39-7)41-17-9-10-18-47-48-34(5,6)16-15-31(37)35-19-27-11-13-28(20-36)14-12-27/h11-14,20,23-26,29-30,32-33H,9-10,15-19,21-22H2,1-8H3,(H,35,37). The van der Waals surface area contributed by atoms with Gasteiger partial charge in [0.15, 0.2) is 0 Å². The maximum absolute atomic E-state index is 14.1. The fourth-order valence-corrected chi connectivity index (χ4v) is 9.86. The Kier molecular flexibility index (Phi) is 17.4. The second kappa shape index (κ2) is 20.2. The third-order valence-electron chi connectivity index (χ3n) is 9.00. The number of amides is 1. The third-order valence-corrected chi connectivity index (χ3v) is 13.9. The first-order valence-electron chi connectivity index (χ1n) is 16.8. The van der Waals surface area contributed by atoms with E-state index >= 15 is 0 Å². The van der Waals surface area contributed by atoms with E-state index in [0.717, 1.165) is 30.4 Å². The van der Waals surface area contributed by atoms with Crippen molar-refractivity contribution >= 4 is 41.6 Å². The molecular weight excluding hydrogens is 677 g/mol. The van der Waals surface area contributed by atoms with Crippen molar-refractivity contribution in [1.29, 1.82) is 0 Å². The highest BCUT2D eigenvalue weighted by Gasteiger charge is 2.47. The van der Waals surface area contributed by atoms with Gasteiger partial charge in [0, 0.05) is 55.1 Å². The van der Waals surface area contributed by atoms with Gasteiger partial charge in [-0.25, -0.2) is 4.57 Å². The number of phosphoric acid groups is 1. The van der Waals surface area contributed by atoms with Crippen LogP contribution in [0.15, 0.2) is 24.3 Å². The molecule has 2 saturated heterocycles. The summed E-state index contributed by atoms with van der Waals surface area (Å²) in [5, 5.41) is 2.95. The number of carbonyl (C=O) groups excluding carboxylic acids is 2. The topological polar surface area (TPSA) is 128 Å². The van der Waals surface area contributed by atoms with Crippen LogP contribution in [0.25, 0.3) is 0 Å². The van der Waals surface area contributed by atoms with Gasteiger partial charge >= 0.3 is 7.82 Å². The normalized spacial score (nSPS) is 28.8. The lowest BCUT2D eigenvalue weighted by molar-refractivity contribution is -0.121. The monoisotopic (exact) mass is 733 g/mol. The lowest BCUT2D eigenvalue weighted by atomic mass is 9.99. The van der Waals surface area contributed by atoms with Gasteiger partial charge in [-0.05, 0) is 52.5 Å². The minimum atomic E-state index is -3.99. The molecule has 1 N–H and O–H groups in total. The molecule has 11 nitrogen and oxygen atoms in total. The van der Waals surface area contributed by atoms with E-state index in [0.29, 0.717) is 31.6 Å². The molecule has 0 bridgehead atoms. The van der Waals surface area contributed by atoms with Gasteiger partial charge in [0.1, 0.15) is 24.6 Å². The molecule has 1 amide bonds. The number of hydrogen-bond acceptors (Lipinski definition) is 12. The summed E-state index contributed by atoms with van der Waals surface area (Å²) in [5.74, 6) is 0.998. The van der Waals surface area contributed by atoms with Crippen molar-refractivity contribution in [3.8, 4) is 0 Å². The molecule has 2 aliphatic heterocycles. The van der Waals surface area contributed by atoms with Crippen LogP contribution in [-0.2, 0) is 48.4 Å². The van der Waals surface area contributed by atoms with Crippen molar-refractivity contribution in [2.45, 2.75) is 115 Å². The number of carbonyl (C=O) groups is 2. The van der Waals surface area contributed by atoms with Gasteiger partial charge in [0.05, 0.1) is 38.1 Å². The number of aldehydes is 1. The first-order valence-corrected chi connectivity index (χ1v) is 20.6. The number of ether oxygens (including phenoxy) is 4. The van der Waals surface area contributed by atoms with Crippen molar-refractivity contribution in [3.63, 3.8) is 0 Å². The summed E-state index contributed by atoms with van der Waals surface area (Å²) in [6.07, 6.45) is 1.88. The number of nitrogens with one attached hydrogen (secondary N) is 1. The van der Waals surface area contributed by atoms with Crippen molar-refractivity contribution in [2.24, 2.45) is 11.8 Å². The summed E-state index contributed by atoms with van der Waals surface area (Å²) in [5.41, 5.74) is 1.57. The zero-order valence-corrected chi connectivity index (χ0v) is 32.2. The molecule has 0 aliphatic carbocycles. The molecule has 0 radical (unpaired) electrons. The molecule has 2 fully saturated rings. The minimum absolute atomic E-state index is 0.00183. The molecule has 274 valence electrons. The summed E-state index contributed by atoms with van der Waals surface area (Å²) in [7, 11) is 2.77. The highest BCUT2D eigenvalue weighted by Crippen LogP contribution is 2.54. The van der Waals surface area contributed by atoms with Gasteiger partial charge in [-0.3, -0.25) is 23.2 Å². The largest absolute Gasteiger partial charge is 0.475 e. The quantitative estimate of drug-likeness (QED) is 0.0578. The second-order valence-corrected chi connectivity index (χ2v) is 18.0. The predicted octanol–water partition coefficient (Wildman–Crippen LogP) is 6.87. The smallest absolute Gasteiger partial charge is 0.382 e. The molecule has 48 heavy (non-hydrogen) atoms. The van der Waals surface area contributed by atoms with E-state index in [4.69, 9.17) is 32.5 Å². The van der Waals surface area contributed by atoms with Crippen molar-refractivity contribution < 1.29 is 46.7 Å². The van der Waals surface area contributed by atoms with E-state index in [2.05, 4.69) is 26.1 Å². The first kappa shape index (κ1) is 41.4. The minimum Gasteiger partial charge on any atom is -0.382 e. The van der Waals surface area contributed by atoms with E-state index in [-0.39, 0.29) is 60.1 Å². The average molecular weight is 734 g/mol. The van der Waals surface area contributed by atoms with Gasteiger partial charge in [0.2, 0.25) is 5.91 Å². The van der Waals surface area contributed by atoms with Gasteiger partial charge in [-0.15, -0.1) is 0 Å². The Hall–Kier alpha value is -0.990. The molecule has 14 heteroatoms. The van der Waals surface area contributed by atoms with Crippen LogP contribution in [0, 0.1) is 11.8 Å². The Balaban J connectivity index is 1.42. The highest BCUT2D eigenvalue weighted by atomic mass is 33.1. The van der Waals surface area contributed by atoms with Gasteiger partial charge in [0.25, 0.3) is 0 Å². The Morgan fingerprint density at radius 2 is 1.60 bits per heavy atom. The summed E-state index contributed by atoms with van der Waals surface area (Å²) < 4.78 is 55.0. The summed E-state index contributed by atoms with van der Waals surface area (Å²) in [6.45, 7) is 13.3. The van der Waals surface area contributed by atoms with Crippen LogP contribution >= 0.6 is 29.4 Å². The summed E-state index contributed by atoms with van der Waals surface area (Å²) in [6, 6.07) is 7.18. The lowest BCUT2D eigenvalue weighted by Crippen LogP contribution is -2.34.